The third kappa shape index (κ3) is 4.96. The van der Waals surface area contributed by atoms with Crippen LogP contribution in [0.3, 0.4) is 0 Å². The van der Waals surface area contributed by atoms with Gasteiger partial charge in [-0.2, -0.15) is 0 Å². The maximum absolute atomic E-state index is 14.2. The number of carbonyl (C=O) groups excluding carboxylic acids is 2. The van der Waals surface area contributed by atoms with Gasteiger partial charge in [0, 0.05) is 38.2 Å². The SMILES string of the molecule is COCCNC(=O)[C@H]1CN(C(=O)c2ccccc2F)C[C@H]1c1cc(OC)ccc1OC. The summed E-state index contributed by atoms with van der Waals surface area (Å²) < 4.78 is 30.1. The van der Waals surface area contributed by atoms with Crippen LogP contribution in [0.2, 0.25) is 0 Å². The molecule has 0 unspecified atom stereocenters. The highest BCUT2D eigenvalue weighted by molar-refractivity contribution is 5.95. The van der Waals surface area contributed by atoms with E-state index in [0.29, 0.717) is 24.7 Å². The van der Waals surface area contributed by atoms with E-state index in [-0.39, 0.29) is 30.5 Å². The topological polar surface area (TPSA) is 77.1 Å². The molecule has 1 N–H and O–H groups in total. The van der Waals surface area contributed by atoms with Crippen molar-refractivity contribution < 1.29 is 28.2 Å². The van der Waals surface area contributed by atoms with Crippen molar-refractivity contribution in [1.82, 2.24) is 10.2 Å². The molecule has 0 aliphatic carbocycles. The maximum atomic E-state index is 14.2. The molecule has 0 aromatic heterocycles. The van der Waals surface area contributed by atoms with Gasteiger partial charge in [-0.3, -0.25) is 9.59 Å². The number of methoxy groups -OCH3 is 3. The lowest BCUT2D eigenvalue weighted by molar-refractivity contribution is -0.125. The lowest BCUT2D eigenvalue weighted by Crippen LogP contribution is -2.37. The first-order valence-electron chi connectivity index (χ1n) is 10.0. The van der Waals surface area contributed by atoms with Gasteiger partial charge in [-0.25, -0.2) is 4.39 Å². The molecule has 2 aromatic rings. The monoisotopic (exact) mass is 430 g/mol. The van der Waals surface area contributed by atoms with Crippen molar-refractivity contribution in [3.63, 3.8) is 0 Å². The molecule has 1 aliphatic rings. The zero-order chi connectivity index (χ0) is 22.4. The molecular formula is C23H27FN2O5. The first kappa shape index (κ1) is 22.6. The van der Waals surface area contributed by atoms with Gasteiger partial charge in [0.2, 0.25) is 5.91 Å². The Balaban J connectivity index is 1.94. The summed E-state index contributed by atoms with van der Waals surface area (Å²) in [5.74, 6) is -0.894. The van der Waals surface area contributed by atoms with Crippen LogP contribution in [0.4, 0.5) is 4.39 Å². The van der Waals surface area contributed by atoms with Gasteiger partial charge in [-0.05, 0) is 30.3 Å². The summed E-state index contributed by atoms with van der Waals surface area (Å²) in [5.41, 5.74) is 0.747. The molecular weight excluding hydrogens is 403 g/mol. The standard InChI is InChI=1S/C23H27FN2O5/c1-29-11-10-25-22(27)19-14-26(23(28)16-6-4-5-7-20(16)24)13-18(19)17-12-15(30-2)8-9-21(17)31-3/h4-9,12,18-19H,10-11,13-14H2,1-3H3,(H,25,27)/t18-,19-/m0/s1. The molecule has 0 spiro atoms. The van der Waals surface area contributed by atoms with E-state index < -0.39 is 17.6 Å². The number of hydrogen-bond donors (Lipinski definition) is 1. The average Bonchev–Trinajstić information content (AvgIpc) is 3.24. The number of amides is 2. The van der Waals surface area contributed by atoms with Crippen LogP contribution in [-0.4, -0.2) is 64.3 Å². The van der Waals surface area contributed by atoms with Gasteiger partial charge >= 0.3 is 0 Å². The molecule has 2 aromatic carbocycles. The Hall–Kier alpha value is -3.13. The van der Waals surface area contributed by atoms with E-state index in [0.717, 1.165) is 5.56 Å². The molecule has 0 saturated carbocycles. The number of ether oxygens (including phenoxy) is 3. The van der Waals surface area contributed by atoms with Gasteiger partial charge in [0.05, 0.1) is 32.3 Å². The summed E-state index contributed by atoms with van der Waals surface area (Å²) in [7, 11) is 4.67. The number of hydrogen-bond acceptors (Lipinski definition) is 5. The normalized spacial score (nSPS) is 18.0. The highest BCUT2D eigenvalue weighted by atomic mass is 19.1. The summed E-state index contributed by atoms with van der Waals surface area (Å²) in [6.45, 7) is 1.15. The van der Waals surface area contributed by atoms with Gasteiger partial charge in [0.15, 0.2) is 0 Å². The minimum atomic E-state index is -0.587. The molecule has 7 nitrogen and oxygen atoms in total. The second-order valence-corrected chi connectivity index (χ2v) is 7.29. The van der Waals surface area contributed by atoms with Crippen LogP contribution in [-0.2, 0) is 9.53 Å². The molecule has 1 aliphatic heterocycles. The van der Waals surface area contributed by atoms with Gasteiger partial charge in [-0.1, -0.05) is 12.1 Å². The van der Waals surface area contributed by atoms with Crippen molar-refractivity contribution in [3.05, 3.63) is 59.4 Å². The summed E-state index contributed by atoms with van der Waals surface area (Å²) in [6, 6.07) is 11.2. The second-order valence-electron chi connectivity index (χ2n) is 7.29. The highest BCUT2D eigenvalue weighted by Gasteiger charge is 2.42. The molecule has 2 atom stereocenters. The van der Waals surface area contributed by atoms with E-state index in [2.05, 4.69) is 5.32 Å². The van der Waals surface area contributed by atoms with Gasteiger partial charge in [-0.15, -0.1) is 0 Å². The Kier molecular flexibility index (Phi) is 7.46. The summed E-state index contributed by atoms with van der Waals surface area (Å²) in [4.78, 5) is 27.5. The Labute approximate surface area is 181 Å². The predicted molar refractivity (Wildman–Crippen MR) is 113 cm³/mol. The van der Waals surface area contributed by atoms with Crippen LogP contribution in [0.25, 0.3) is 0 Å². The van der Waals surface area contributed by atoms with Crippen molar-refractivity contribution in [2.75, 3.05) is 47.6 Å². The van der Waals surface area contributed by atoms with Crippen LogP contribution in [0, 0.1) is 11.7 Å². The number of halogens is 1. The van der Waals surface area contributed by atoms with E-state index in [1.807, 2.05) is 6.07 Å². The lowest BCUT2D eigenvalue weighted by atomic mass is 9.87. The number of nitrogens with one attached hydrogen (secondary N) is 1. The number of carbonyl (C=O) groups is 2. The van der Waals surface area contributed by atoms with Crippen LogP contribution >= 0.6 is 0 Å². The van der Waals surface area contributed by atoms with Crippen LogP contribution in [0.5, 0.6) is 11.5 Å². The van der Waals surface area contributed by atoms with Crippen molar-refractivity contribution in [1.29, 1.82) is 0 Å². The van der Waals surface area contributed by atoms with Crippen LogP contribution in [0.15, 0.2) is 42.5 Å². The number of likely N-dealkylation sites (tertiary alicyclic amines) is 1. The van der Waals surface area contributed by atoms with E-state index in [1.54, 1.807) is 39.5 Å². The Bertz CT molecular complexity index is 936. The number of rotatable bonds is 8. The van der Waals surface area contributed by atoms with Gasteiger partial charge in [0.25, 0.3) is 5.91 Å². The third-order valence-electron chi connectivity index (χ3n) is 5.49. The number of benzene rings is 2. The van der Waals surface area contributed by atoms with Crippen LogP contribution < -0.4 is 14.8 Å². The quantitative estimate of drug-likeness (QED) is 0.651. The summed E-state index contributed by atoms with van der Waals surface area (Å²) in [6.07, 6.45) is 0. The molecule has 1 saturated heterocycles. The molecule has 0 bridgehead atoms. The minimum absolute atomic E-state index is 0.0145. The Morgan fingerprint density at radius 1 is 1.10 bits per heavy atom. The number of nitrogens with zero attached hydrogens (tertiary/aromatic N) is 1. The lowest BCUT2D eigenvalue weighted by Gasteiger charge is -2.21. The van der Waals surface area contributed by atoms with E-state index in [4.69, 9.17) is 14.2 Å². The molecule has 166 valence electrons. The largest absolute Gasteiger partial charge is 0.497 e. The Morgan fingerprint density at radius 3 is 2.55 bits per heavy atom. The fourth-order valence-electron chi connectivity index (χ4n) is 3.89. The average molecular weight is 430 g/mol. The molecule has 1 heterocycles. The van der Waals surface area contributed by atoms with Crippen molar-refractivity contribution in [3.8, 4) is 11.5 Å². The second kappa shape index (κ2) is 10.3. The maximum Gasteiger partial charge on any atom is 0.256 e. The summed E-state index contributed by atoms with van der Waals surface area (Å²) >= 11 is 0. The van der Waals surface area contributed by atoms with Gasteiger partial charge in [0.1, 0.15) is 17.3 Å². The minimum Gasteiger partial charge on any atom is -0.497 e. The predicted octanol–water partition coefficient (Wildman–Crippen LogP) is 2.46. The molecule has 0 radical (unpaired) electrons. The van der Waals surface area contributed by atoms with Crippen molar-refractivity contribution in [2.24, 2.45) is 5.92 Å². The van der Waals surface area contributed by atoms with Crippen molar-refractivity contribution >= 4 is 11.8 Å². The van der Waals surface area contributed by atoms with E-state index in [1.165, 1.54) is 23.1 Å². The zero-order valence-corrected chi connectivity index (χ0v) is 17.9. The smallest absolute Gasteiger partial charge is 0.256 e. The van der Waals surface area contributed by atoms with Gasteiger partial charge < -0.3 is 24.4 Å². The van der Waals surface area contributed by atoms with E-state index >= 15 is 0 Å². The Morgan fingerprint density at radius 2 is 1.87 bits per heavy atom. The van der Waals surface area contributed by atoms with Crippen molar-refractivity contribution in [2.45, 2.75) is 5.92 Å². The highest BCUT2D eigenvalue weighted by Crippen LogP contribution is 2.40. The summed E-state index contributed by atoms with van der Waals surface area (Å²) in [5, 5.41) is 2.85. The molecule has 2 amide bonds. The fraction of sp³-hybridized carbons (Fsp3) is 0.391. The van der Waals surface area contributed by atoms with Crippen LogP contribution in [0.1, 0.15) is 21.8 Å². The molecule has 1 fully saturated rings. The fourth-order valence-corrected chi connectivity index (χ4v) is 3.89. The van der Waals surface area contributed by atoms with E-state index in [9.17, 15) is 14.0 Å². The molecule has 8 heteroatoms. The first-order valence-corrected chi connectivity index (χ1v) is 10.0. The first-order chi connectivity index (χ1) is 15.0. The molecule has 31 heavy (non-hydrogen) atoms. The zero-order valence-electron chi connectivity index (χ0n) is 17.9. The molecule has 3 rings (SSSR count). The third-order valence-corrected chi connectivity index (χ3v) is 5.49.